The number of benzene rings is 2. The van der Waals surface area contributed by atoms with Crippen molar-refractivity contribution in [3.8, 4) is 0 Å². The molecule has 0 spiro atoms. The van der Waals surface area contributed by atoms with Gasteiger partial charge in [0, 0.05) is 17.1 Å². The summed E-state index contributed by atoms with van der Waals surface area (Å²) in [6.45, 7) is 3.93. The van der Waals surface area contributed by atoms with Gasteiger partial charge in [0.15, 0.2) is 5.78 Å². The molecule has 2 aromatic carbocycles. The third-order valence-corrected chi connectivity index (χ3v) is 3.94. The number of pyridine rings is 1. The highest BCUT2D eigenvalue weighted by molar-refractivity contribution is 6.11. The number of Topliss-reactive ketones (excluding diaryl/α,β-unsaturated/α-hetero) is 1. The largest absolute Gasteiger partial charge is 0.293 e. The van der Waals surface area contributed by atoms with Gasteiger partial charge in [-0.15, -0.1) is 0 Å². The number of hydrogen-bond acceptors (Lipinski definition) is 2. The lowest BCUT2D eigenvalue weighted by Gasteiger charge is -2.24. The van der Waals surface area contributed by atoms with E-state index in [-0.39, 0.29) is 5.78 Å². The van der Waals surface area contributed by atoms with E-state index in [9.17, 15) is 4.79 Å². The van der Waals surface area contributed by atoms with Crippen molar-refractivity contribution in [2.75, 3.05) is 0 Å². The highest BCUT2D eigenvalue weighted by Crippen LogP contribution is 2.29. The van der Waals surface area contributed by atoms with E-state index < -0.39 is 5.41 Å². The van der Waals surface area contributed by atoms with Gasteiger partial charge in [0.25, 0.3) is 0 Å². The Labute approximate surface area is 124 Å². The predicted molar refractivity (Wildman–Crippen MR) is 85.5 cm³/mol. The van der Waals surface area contributed by atoms with Gasteiger partial charge in [-0.2, -0.15) is 0 Å². The fraction of sp³-hybridized carbons (Fsp3) is 0.158. The summed E-state index contributed by atoms with van der Waals surface area (Å²) in [6.07, 6.45) is 1.73. The summed E-state index contributed by atoms with van der Waals surface area (Å²) in [5.41, 5.74) is 1.89. The number of ketones is 1. The summed E-state index contributed by atoms with van der Waals surface area (Å²) in [7, 11) is 0. The van der Waals surface area contributed by atoms with Gasteiger partial charge in [-0.1, -0.05) is 48.5 Å². The Morgan fingerprint density at radius 1 is 0.905 bits per heavy atom. The zero-order valence-corrected chi connectivity index (χ0v) is 12.2. The van der Waals surface area contributed by atoms with Crippen LogP contribution in [0.5, 0.6) is 0 Å². The monoisotopic (exact) mass is 275 g/mol. The van der Waals surface area contributed by atoms with Crippen LogP contribution >= 0.6 is 0 Å². The minimum absolute atomic E-state index is 0.0954. The first-order valence-corrected chi connectivity index (χ1v) is 7.05. The molecule has 104 valence electrons. The van der Waals surface area contributed by atoms with Crippen LogP contribution in [0.15, 0.2) is 66.9 Å². The summed E-state index contributed by atoms with van der Waals surface area (Å²) in [5, 5.41) is 0.993. The van der Waals surface area contributed by atoms with Crippen LogP contribution in [0.3, 0.4) is 0 Å². The SMILES string of the molecule is CC(C)(C(=O)c1cccc2cccnc12)c1ccccc1. The van der Waals surface area contributed by atoms with Gasteiger partial charge < -0.3 is 0 Å². The average molecular weight is 275 g/mol. The standard InChI is InChI=1S/C19H17NO/c1-19(2,15-10-4-3-5-11-15)18(21)16-12-6-8-14-9-7-13-20-17(14)16/h3-13H,1-2H3. The van der Waals surface area contributed by atoms with E-state index in [0.29, 0.717) is 5.56 Å². The number of para-hydroxylation sites is 1. The maximum atomic E-state index is 13.0. The molecular weight excluding hydrogens is 258 g/mol. The van der Waals surface area contributed by atoms with Crippen LogP contribution < -0.4 is 0 Å². The molecule has 0 N–H and O–H groups in total. The van der Waals surface area contributed by atoms with Gasteiger partial charge in [0.1, 0.15) is 0 Å². The summed E-state index contributed by atoms with van der Waals surface area (Å²) >= 11 is 0. The molecule has 0 aliphatic rings. The second-order valence-electron chi connectivity index (χ2n) is 5.70. The van der Waals surface area contributed by atoms with Gasteiger partial charge in [-0.3, -0.25) is 9.78 Å². The van der Waals surface area contributed by atoms with E-state index in [1.165, 1.54) is 0 Å². The molecule has 0 unspecified atom stereocenters. The lowest BCUT2D eigenvalue weighted by Crippen LogP contribution is -2.29. The van der Waals surface area contributed by atoms with Crippen molar-refractivity contribution >= 4 is 16.7 Å². The number of carbonyl (C=O) groups is 1. The molecular formula is C19H17NO. The van der Waals surface area contributed by atoms with E-state index in [4.69, 9.17) is 0 Å². The van der Waals surface area contributed by atoms with E-state index in [2.05, 4.69) is 4.98 Å². The topological polar surface area (TPSA) is 30.0 Å². The maximum Gasteiger partial charge on any atom is 0.175 e. The number of rotatable bonds is 3. The van der Waals surface area contributed by atoms with Crippen molar-refractivity contribution in [3.63, 3.8) is 0 Å². The number of nitrogens with zero attached hydrogens (tertiary/aromatic N) is 1. The zero-order valence-electron chi connectivity index (χ0n) is 12.2. The highest BCUT2D eigenvalue weighted by atomic mass is 16.1. The number of fused-ring (bicyclic) bond motifs is 1. The Bertz CT molecular complexity index is 786. The van der Waals surface area contributed by atoms with Crippen LogP contribution in [0, 0.1) is 0 Å². The first-order chi connectivity index (χ1) is 10.1. The van der Waals surface area contributed by atoms with Crippen molar-refractivity contribution < 1.29 is 4.79 Å². The average Bonchev–Trinajstić information content (AvgIpc) is 2.54. The van der Waals surface area contributed by atoms with E-state index >= 15 is 0 Å². The zero-order chi connectivity index (χ0) is 14.9. The van der Waals surface area contributed by atoms with Gasteiger partial charge >= 0.3 is 0 Å². The predicted octanol–water partition coefficient (Wildman–Crippen LogP) is 4.40. The second kappa shape index (κ2) is 5.13. The minimum atomic E-state index is -0.576. The Balaban J connectivity index is 2.13. The summed E-state index contributed by atoms with van der Waals surface area (Å²) in [5.74, 6) is 0.0954. The maximum absolute atomic E-state index is 13.0. The van der Waals surface area contributed by atoms with E-state index in [0.717, 1.165) is 16.5 Å². The molecule has 3 rings (SSSR count). The fourth-order valence-corrected chi connectivity index (χ4v) is 2.61. The van der Waals surface area contributed by atoms with E-state index in [1.54, 1.807) is 6.20 Å². The van der Waals surface area contributed by atoms with E-state index in [1.807, 2.05) is 74.5 Å². The molecule has 1 heterocycles. The van der Waals surface area contributed by atoms with Crippen LogP contribution in [0.2, 0.25) is 0 Å². The Kier molecular flexibility index (Phi) is 3.30. The van der Waals surface area contributed by atoms with Gasteiger partial charge in [-0.05, 0) is 31.5 Å². The summed E-state index contributed by atoms with van der Waals surface area (Å²) in [4.78, 5) is 17.4. The van der Waals surface area contributed by atoms with Crippen molar-refractivity contribution in [3.05, 3.63) is 78.0 Å². The van der Waals surface area contributed by atoms with Gasteiger partial charge in [0.05, 0.1) is 10.9 Å². The fourth-order valence-electron chi connectivity index (χ4n) is 2.61. The first-order valence-electron chi connectivity index (χ1n) is 7.05. The molecule has 0 saturated heterocycles. The molecule has 0 bridgehead atoms. The molecule has 0 atom stereocenters. The van der Waals surface area contributed by atoms with Crippen molar-refractivity contribution in [1.82, 2.24) is 4.98 Å². The van der Waals surface area contributed by atoms with Crippen molar-refractivity contribution in [1.29, 1.82) is 0 Å². The Morgan fingerprint density at radius 2 is 1.62 bits per heavy atom. The molecule has 21 heavy (non-hydrogen) atoms. The van der Waals surface area contributed by atoms with Crippen LogP contribution in [0.4, 0.5) is 0 Å². The summed E-state index contributed by atoms with van der Waals surface area (Å²) < 4.78 is 0. The lowest BCUT2D eigenvalue weighted by molar-refractivity contribution is 0.0910. The number of hydrogen-bond donors (Lipinski definition) is 0. The molecule has 0 aliphatic carbocycles. The normalized spacial score (nSPS) is 11.5. The Morgan fingerprint density at radius 3 is 2.38 bits per heavy atom. The van der Waals surface area contributed by atoms with Crippen LogP contribution in [-0.4, -0.2) is 10.8 Å². The molecule has 0 amide bonds. The van der Waals surface area contributed by atoms with Crippen LogP contribution in [0.25, 0.3) is 10.9 Å². The molecule has 0 radical (unpaired) electrons. The van der Waals surface area contributed by atoms with Gasteiger partial charge in [0.2, 0.25) is 0 Å². The van der Waals surface area contributed by atoms with Crippen LogP contribution in [0.1, 0.15) is 29.8 Å². The smallest absolute Gasteiger partial charge is 0.175 e. The molecule has 2 nitrogen and oxygen atoms in total. The Hall–Kier alpha value is -2.48. The third-order valence-electron chi connectivity index (χ3n) is 3.94. The number of carbonyl (C=O) groups excluding carboxylic acids is 1. The third kappa shape index (κ3) is 2.33. The minimum Gasteiger partial charge on any atom is -0.293 e. The molecule has 3 aromatic rings. The molecule has 0 aliphatic heterocycles. The summed E-state index contributed by atoms with van der Waals surface area (Å²) in [6, 6.07) is 19.5. The quantitative estimate of drug-likeness (QED) is 0.663. The number of aromatic nitrogens is 1. The highest BCUT2D eigenvalue weighted by Gasteiger charge is 2.31. The second-order valence-corrected chi connectivity index (χ2v) is 5.70. The molecule has 0 saturated carbocycles. The first kappa shape index (κ1) is 13.5. The van der Waals surface area contributed by atoms with Crippen molar-refractivity contribution in [2.45, 2.75) is 19.3 Å². The molecule has 0 fully saturated rings. The molecule has 1 aromatic heterocycles. The molecule has 2 heteroatoms. The lowest BCUT2D eigenvalue weighted by atomic mass is 9.77. The van der Waals surface area contributed by atoms with Crippen LogP contribution in [-0.2, 0) is 5.41 Å². The van der Waals surface area contributed by atoms with Crippen molar-refractivity contribution in [2.24, 2.45) is 0 Å². The van der Waals surface area contributed by atoms with Gasteiger partial charge in [-0.25, -0.2) is 0 Å².